The van der Waals surface area contributed by atoms with Crippen LogP contribution in [0.1, 0.15) is 44.6 Å². The lowest BCUT2D eigenvalue weighted by molar-refractivity contribution is -0.123. The highest BCUT2D eigenvalue weighted by molar-refractivity contribution is 5.85. The van der Waals surface area contributed by atoms with Gasteiger partial charge < -0.3 is 20.3 Å². The summed E-state index contributed by atoms with van der Waals surface area (Å²) >= 11 is 0. The van der Waals surface area contributed by atoms with E-state index < -0.39 is 0 Å². The van der Waals surface area contributed by atoms with Crippen molar-refractivity contribution in [1.82, 2.24) is 15.6 Å². The predicted octanol–water partition coefficient (Wildman–Crippen LogP) is 2.69. The van der Waals surface area contributed by atoms with Gasteiger partial charge in [0.15, 0.2) is 0 Å². The zero-order valence-electron chi connectivity index (χ0n) is 16.4. The number of aromatic nitrogens is 1. The molecule has 1 amide bonds. The summed E-state index contributed by atoms with van der Waals surface area (Å²) < 4.78 is 5.58. The van der Waals surface area contributed by atoms with Crippen LogP contribution in [-0.2, 0) is 16.1 Å². The van der Waals surface area contributed by atoms with Gasteiger partial charge in [0, 0.05) is 31.9 Å². The standard InChI is InChI=1S/C20H30N4O2.2ClH/c1-14-13-24(8-9-26-14)19-7-6-15(11-21-19)12-22-20(25)18-10-16-4-2-3-5-17(16)23-18;;/h6-7,11,14,16-18,23H,2-5,8-10,12-13H2,1H3,(H,22,25);2*1H. The Hall–Kier alpha value is -1.08. The molecule has 3 heterocycles. The quantitative estimate of drug-likeness (QED) is 0.768. The van der Waals surface area contributed by atoms with E-state index in [-0.39, 0.29) is 42.9 Å². The van der Waals surface area contributed by atoms with Gasteiger partial charge in [0.1, 0.15) is 5.82 Å². The number of carbonyl (C=O) groups is 1. The molecule has 3 aliphatic rings. The molecule has 0 spiro atoms. The molecule has 28 heavy (non-hydrogen) atoms. The number of halogens is 2. The predicted molar refractivity (Wildman–Crippen MR) is 115 cm³/mol. The number of nitrogens with one attached hydrogen (secondary N) is 2. The largest absolute Gasteiger partial charge is 0.375 e. The summed E-state index contributed by atoms with van der Waals surface area (Å²) in [5, 5.41) is 6.62. The van der Waals surface area contributed by atoms with Crippen LogP contribution >= 0.6 is 24.8 Å². The van der Waals surface area contributed by atoms with Crippen molar-refractivity contribution in [3.8, 4) is 0 Å². The Morgan fingerprint density at radius 3 is 2.86 bits per heavy atom. The lowest BCUT2D eigenvalue weighted by Crippen LogP contribution is -2.43. The van der Waals surface area contributed by atoms with Crippen molar-refractivity contribution in [2.75, 3.05) is 24.6 Å². The van der Waals surface area contributed by atoms with Crippen LogP contribution in [0, 0.1) is 5.92 Å². The first-order chi connectivity index (χ1) is 12.7. The number of carbonyl (C=O) groups excluding carboxylic acids is 1. The summed E-state index contributed by atoms with van der Waals surface area (Å²) in [5.74, 6) is 1.80. The van der Waals surface area contributed by atoms with Crippen LogP contribution in [0.25, 0.3) is 0 Å². The van der Waals surface area contributed by atoms with Crippen molar-refractivity contribution in [2.45, 2.75) is 63.8 Å². The van der Waals surface area contributed by atoms with Crippen molar-refractivity contribution >= 4 is 36.5 Å². The second-order valence-corrected chi connectivity index (χ2v) is 7.98. The van der Waals surface area contributed by atoms with Crippen LogP contribution in [0.15, 0.2) is 18.3 Å². The SMILES string of the molecule is CC1CN(c2ccc(CNC(=O)C3CC4CCCCC4N3)cn2)CCO1.Cl.Cl. The van der Waals surface area contributed by atoms with Gasteiger partial charge in [-0.25, -0.2) is 4.98 Å². The zero-order valence-corrected chi connectivity index (χ0v) is 18.1. The monoisotopic (exact) mass is 430 g/mol. The molecule has 0 aromatic carbocycles. The van der Waals surface area contributed by atoms with Crippen molar-refractivity contribution in [3.63, 3.8) is 0 Å². The van der Waals surface area contributed by atoms with E-state index in [0.29, 0.717) is 18.5 Å². The lowest BCUT2D eigenvalue weighted by atomic mass is 9.85. The van der Waals surface area contributed by atoms with E-state index in [1.165, 1.54) is 25.7 Å². The number of amides is 1. The molecular formula is C20H32Cl2N4O2. The van der Waals surface area contributed by atoms with Gasteiger partial charge in [-0.1, -0.05) is 18.9 Å². The first-order valence-corrected chi connectivity index (χ1v) is 10.0. The number of morpholine rings is 1. The Kier molecular flexibility index (Phi) is 8.81. The molecule has 1 aromatic rings. The number of anilines is 1. The molecule has 4 atom stereocenters. The number of ether oxygens (including phenoxy) is 1. The van der Waals surface area contributed by atoms with E-state index in [0.717, 1.165) is 37.5 Å². The van der Waals surface area contributed by atoms with Crippen molar-refractivity contribution in [1.29, 1.82) is 0 Å². The summed E-state index contributed by atoms with van der Waals surface area (Å²) in [5.41, 5.74) is 1.04. The summed E-state index contributed by atoms with van der Waals surface area (Å²) in [6.45, 7) is 5.13. The van der Waals surface area contributed by atoms with Gasteiger partial charge in [-0.15, -0.1) is 24.8 Å². The number of hydrogen-bond acceptors (Lipinski definition) is 5. The van der Waals surface area contributed by atoms with Gasteiger partial charge in [-0.3, -0.25) is 4.79 Å². The zero-order chi connectivity index (χ0) is 17.9. The molecule has 2 aliphatic heterocycles. The van der Waals surface area contributed by atoms with Crippen molar-refractivity contribution < 1.29 is 9.53 Å². The minimum Gasteiger partial charge on any atom is -0.375 e. The molecule has 0 bridgehead atoms. The molecule has 2 N–H and O–H groups in total. The molecule has 2 saturated heterocycles. The van der Waals surface area contributed by atoms with Crippen molar-refractivity contribution in [3.05, 3.63) is 23.9 Å². The first kappa shape index (κ1) is 23.2. The molecule has 4 unspecified atom stereocenters. The molecule has 1 aromatic heterocycles. The highest BCUT2D eigenvalue weighted by Crippen LogP contribution is 2.33. The van der Waals surface area contributed by atoms with E-state index >= 15 is 0 Å². The normalized spacial score (nSPS) is 29.2. The topological polar surface area (TPSA) is 66.5 Å². The van der Waals surface area contributed by atoms with E-state index in [1.807, 2.05) is 12.3 Å². The third kappa shape index (κ3) is 5.50. The summed E-state index contributed by atoms with van der Waals surface area (Å²) in [4.78, 5) is 19.3. The van der Waals surface area contributed by atoms with Crippen molar-refractivity contribution in [2.24, 2.45) is 5.92 Å². The third-order valence-electron chi connectivity index (χ3n) is 6.02. The van der Waals surface area contributed by atoms with E-state index in [9.17, 15) is 4.79 Å². The van der Waals surface area contributed by atoms with Crippen LogP contribution in [0.3, 0.4) is 0 Å². The molecule has 0 radical (unpaired) electrons. The highest BCUT2D eigenvalue weighted by Gasteiger charge is 2.38. The maximum Gasteiger partial charge on any atom is 0.237 e. The third-order valence-corrected chi connectivity index (χ3v) is 6.02. The number of rotatable bonds is 4. The summed E-state index contributed by atoms with van der Waals surface area (Å²) in [7, 11) is 0. The highest BCUT2D eigenvalue weighted by atomic mass is 35.5. The molecular weight excluding hydrogens is 399 g/mol. The first-order valence-electron chi connectivity index (χ1n) is 10.0. The van der Waals surface area contributed by atoms with Crippen LogP contribution in [0.5, 0.6) is 0 Å². The molecule has 6 nitrogen and oxygen atoms in total. The summed E-state index contributed by atoms with van der Waals surface area (Å²) in [6.07, 6.45) is 8.21. The number of nitrogens with zero attached hydrogens (tertiary/aromatic N) is 2. The van der Waals surface area contributed by atoms with E-state index in [2.05, 4.69) is 33.5 Å². The lowest BCUT2D eigenvalue weighted by Gasteiger charge is -2.32. The maximum atomic E-state index is 12.5. The van der Waals surface area contributed by atoms with Gasteiger partial charge >= 0.3 is 0 Å². The van der Waals surface area contributed by atoms with Crippen LogP contribution in [0.4, 0.5) is 5.82 Å². The molecule has 158 valence electrons. The summed E-state index contributed by atoms with van der Waals surface area (Å²) in [6, 6.07) is 4.63. The minimum absolute atomic E-state index is 0. The fourth-order valence-corrected chi connectivity index (χ4v) is 4.57. The Bertz CT molecular complexity index is 617. The number of fused-ring (bicyclic) bond motifs is 1. The van der Waals surface area contributed by atoms with Gasteiger partial charge in [0.25, 0.3) is 0 Å². The Labute approximate surface area is 180 Å². The average Bonchev–Trinajstić information content (AvgIpc) is 3.11. The van der Waals surface area contributed by atoms with E-state index in [4.69, 9.17) is 4.74 Å². The Balaban J connectivity index is 0.00000140. The van der Waals surface area contributed by atoms with Gasteiger partial charge in [-0.2, -0.15) is 0 Å². The van der Waals surface area contributed by atoms with Crippen LogP contribution in [0.2, 0.25) is 0 Å². The van der Waals surface area contributed by atoms with Gasteiger partial charge in [0.05, 0.1) is 18.8 Å². The smallest absolute Gasteiger partial charge is 0.237 e. The minimum atomic E-state index is -0.0230. The fraction of sp³-hybridized carbons (Fsp3) is 0.700. The van der Waals surface area contributed by atoms with Gasteiger partial charge in [0.2, 0.25) is 5.91 Å². The molecule has 1 aliphatic carbocycles. The Morgan fingerprint density at radius 1 is 1.32 bits per heavy atom. The second kappa shape index (κ2) is 10.6. The Morgan fingerprint density at radius 2 is 2.14 bits per heavy atom. The number of hydrogen-bond donors (Lipinski definition) is 2. The molecule has 3 fully saturated rings. The fourth-order valence-electron chi connectivity index (χ4n) is 4.57. The maximum absolute atomic E-state index is 12.5. The van der Waals surface area contributed by atoms with Gasteiger partial charge in [-0.05, 0) is 43.7 Å². The molecule has 8 heteroatoms. The second-order valence-electron chi connectivity index (χ2n) is 7.98. The van der Waals surface area contributed by atoms with E-state index in [1.54, 1.807) is 0 Å². The van der Waals surface area contributed by atoms with Crippen LogP contribution < -0.4 is 15.5 Å². The molecule has 4 rings (SSSR count). The number of pyridine rings is 1. The van der Waals surface area contributed by atoms with Crippen LogP contribution in [-0.4, -0.2) is 48.8 Å². The molecule has 1 saturated carbocycles. The average molecular weight is 431 g/mol.